The van der Waals surface area contributed by atoms with E-state index >= 15 is 0 Å². The van der Waals surface area contributed by atoms with E-state index in [2.05, 4.69) is 31.2 Å². The van der Waals surface area contributed by atoms with Gasteiger partial charge in [-0.05, 0) is 24.8 Å². The topological polar surface area (TPSA) is 9.23 Å². The van der Waals surface area contributed by atoms with Gasteiger partial charge in [-0.25, -0.2) is 0 Å². The zero-order chi connectivity index (χ0) is 11.2. The highest BCUT2D eigenvalue weighted by molar-refractivity contribution is 5.21. The minimum Gasteiger partial charge on any atom is -0.377 e. The van der Waals surface area contributed by atoms with Gasteiger partial charge in [-0.3, -0.25) is 0 Å². The van der Waals surface area contributed by atoms with E-state index in [0.717, 1.165) is 19.1 Å². The van der Waals surface area contributed by atoms with Crippen molar-refractivity contribution in [3.05, 3.63) is 35.4 Å². The minimum atomic E-state index is 0.772. The van der Waals surface area contributed by atoms with Crippen LogP contribution in [0, 0.1) is 12.8 Å². The molecule has 0 amide bonds. The molecule has 2 rings (SSSR count). The Balaban J connectivity index is 1.64. The lowest BCUT2D eigenvalue weighted by Gasteiger charge is -2.09. The van der Waals surface area contributed by atoms with Gasteiger partial charge in [-0.2, -0.15) is 0 Å². The Labute approximate surface area is 98.8 Å². The predicted octanol–water partition coefficient (Wildman–Crippen LogP) is 4.09. The van der Waals surface area contributed by atoms with Gasteiger partial charge in [-0.1, -0.05) is 55.5 Å². The summed E-state index contributed by atoms with van der Waals surface area (Å²) < 4.78 is 5.74. The fourth-order valence-electron chi connectivity index (χ4n) is 2.54. The predicted molar refractivity (Wildman–Crippen MR) is 67.4 cm³/mol. The second kappa shape index (κ2) is 6.05. The third-order valence-electron chi connectivity index (χ3n) is 3.50. The molecule has 88 valence electrons. The van der Waals surface area contributed by atoms with Crippen LogP contribution in [0.4, 0.5) is 0 Å². The van der Waals surface area contributed by atoms with Crippen LogP contribution >= 0.6 is 0 Å². The fraction of sp³-hybridized carbons (Fsp3) is 0.600. The highest BCUT2D eigenvalue weighted by atomic mass is 16.5. The van der Waals surface area contributed by atoms with Gasteiger partial charge in [0.25, 0.3) is 0 Å². The van der Waals surface area contributed by atoms with E-state index < -0.39 is 0 Å². The number of ether oxygens (including phenoxy) is 1. The Morgan fingerprint density at radius 1 is 1.25 bits per heavy atom. The summed E-state index contributed by atoms with van der Waals surface area (Å²) in [5.74, 6) is 0.942. The highest BCUT2D eigenvalue weighted by Gasteiger charge is 2.14. The average molecular weight is 218 g/mol. The molecule has 1 heteroatoms. The summed E-state index contributed by atoms with van der Waals surface area (Å²) in [6.45, 7) is 3.83. The van der Waals surface area contributed by atoms with Crippen LogP contribution in [0.3, 0.4) is 0 Å². The van der Waals surface area contributed by atoms with E-state index in [1.165, 1.54) is 43.2 Å². The first-order valence-corrected chi connectivity index (χ1v) is 6.48. The number of rotatable bonds is 5. The third kappa shape index (κ3) is 3.64. The molecule has 0 aromatic heterocycles. The van der Waals surface area contributed by atoms with Crippen molar-refractivity contribution in [2.45, 2.75) is 45.6 Å². The van der Waals surface area contributed by atoms with Crippen LogP contribution in [0.25, 0.3) is 0 Å². The molecule has 1 aliphatic carbocycles. The summed E-state index contributed by atoms with van der Waals surface area (Å²) in [6.07, 6.45) is 6.97. The summed E-state index contributed by atoms with van der Waals surface area (Å²) in [5, 5.41) is 0. The Morgan fingerprint density at radius 3 is 2.81 bits per heavy atom. The van der Waals surface area contributed by atoms with Gasteiger partial charge in [0.05, 0.1) is 6.61 Å². The second-order valence-electron chi connectivity index (χ2n) is 4.98. The molecule has 1 aliphatic rings. The standard InChI is InChI=1S/C15H22O/c1-13-5-4-8-15(11-13)12-16-10-9-14-6-2-3-7-14/h4-5,8,11,14H,2-3,6-7,9-10,12H2,1H3. The summed E-state index contributed by atoms with van der Waals surface area (Å²) in [4.78, 5) is 0. The van der Waals surface area contributed by atoms with Crippen molar-refractivity contribution in [1.29, 1.82) is 0 Å². The molecule has 0 bridgehead atoms. The van der Waals surface area contributed by atoms with Crippen LogP contribution < -0.4 is 0 Å². The molecular weight excluding hydrogens is 196 g/mol. The maximum absolute atomic E-state index is 5.74. The lowest BCUT2D eigenvalue weighted by Crippen LogP contribution is -2.01. The van der Waals surface area contributed by atoms with E-state index in [1.54, 1.807) is 0 Å². The van der Waals surface area contributed by atoms with Crippen molar-refractivity contribution in [2.75, 3.05) is 6.61 Å². The Morgan fingerprint density at radius 2 is 2.06 bits per heavy atom. The fourth-order valence-corrected chi connectivity index (χ4v) is 2.54. The van der Waals surface area contributed by atoms with Crippen molar-refractivity contribution < 1.29 is 4.74 Å². The van der Waals surface area contributed by atoms with E-state index in [-0.39, 0.29) is 0 Å². The SMILES string of the molecule is Cc1cccc(COCCC2CCCC2)c1. The maximum atomic E-state index is 5.74. The number of hydrogen-bond acceptors (Lipinski definition) is 1. The molecule has 1 nitrogen and oxygen atoms in total. The molecule has 1 aromatic carbocycles. The summed E-state index contributed by atoms with van der Waals surface area (Å²) in [5.41, 5.74) is 2.61. The van der Waals surface area contributed by atoms with E-state index in [1.807, 2.05) is 0 Å². The van der Waals surface area contributed by atoms with E-state index in [4.69, 9.17) is 4.74 Å². The van der Waals surface area contributed by atoms with Gasteiger partial charge in [-0.15, -0.1) is 0 Å². The number of benzene rings is 1. The molecular formula is C15H22O. The van der Waals surface area contributed by atoms with E-state index in [0.29, 0.717) is 0 Å². The van der Waals surface area contributed by atoms with Crippen LogP contribution in [-0.4, -0.2) is 6.61 Å². The summed E-state index contributed by atoms with van der Waals surface area (Å²) in [6, 6.07) is 8.57. The Kier molecular flexibility index (Phi) is 4.41. The average Bonchev–Trinajstić information content (AvgIpc) is 2.77. The molecule has 0 unspecified atom stereocenters. The second-order valence-corrected chi connectivity index (χ2v) is 4.98. The van der Waals surface area contributed by atoms with Crippen molar-refractivity contribution >= 4 is 0 Å². The largest absolute Gasteiger partial charge is 0.377 e. The zero-order valence-electron chi connectivity index (χ0n) is 10.2. The molecule has 0 saturated heterocycles. The van der Waals surface area contributed by atoms with Crippen LogP contribution in [-0.2, 0) is 11.3 Å². The van der Waals surface area contributed by atoms with Gasteiger partial charge in [0.15, 0.2) is 0 Å². The monoisotopic (exact) mass is 218 g/mol. The molecule has 1 aromatic rings. The van der Waals surface area contributed by atoms with Gasteiger partial charge >= 0.3 is 0 Å². The first-order chi connectivity index (χ1) is 7.84. The molecule has 0 N–H and O–H groups in total. The number of aryl methyl sites for hydroxylation is 1. The van der Waals surface area contributed by atoms with Crippen LogP contribution in [0.2, 0.25) is 0 Å². The molecule has 0 atom stereocenters. The molecule has 0 spiro atoms. The van der Waals surface area contributed by atoms with Gasteiger partial charge in [0, 0.05) is 6.61 Å². The van der Waals surface area contributed by atoms with Crippen molar-refractivity contribution in [1.82, 2.24) is 0 Å². The maximum Gasteiger partial charge on any atom is 0.0716 e. The molecule has 0 aliphatic heterocycles. The molecule has 0 radical (unpaired) electrons. The minimum absolute atomic E-state index is 0.772. The zero-order valence-corrected chi connectivity index (χ0v) is 10.2. The molecule has 1 fully saturated rings. The smallest absolute Gasteiger partial charge is 0.0716 e. The normalized spacial score (nSPS) is 16.8. The van der Waals surface area contributed by atoms with Gasteiger partial charge in [0.1, 0.15) is 0 Å². The van der Waals surface area contributed by atoms with E-state index in [9.17, 15) is 0 Å². The Bertz CT molecular complexity index is 313. The lowest BCUT2D eigenvalue weighted by molar-refractivity contribution is 0.108. The lowest BCUT2D eigenvalue weighted by atomic mass is 10.1. The first kappa shape index (κ1) is 11.7. The first-order valence-electron chi connectivity index (χ1n) is 6.48. The number of hydrogen-bond donors (Lipinski definition) is 0. The quantitative estimate of drug-likeness (QED) is 0.676. The van der Waals surface area contributed by atoms with Crippen LogP contribution in [0.5, 0.6) is 0 Å². The van der Waals surface area contributed by atoms with Crippen LogP contribution in [0.1, 0.15) is 43.2 Å². The van der Waals surface area contributed by atoms with Gasteiger partial charge < -0.3 is 4.74 Å². The summed E-state index contributed by atoms with van der Waals surface area (Å²) >= 11 is 0. The molecule has 16 heavy (non-hydrogen) atoms. The third-order valence-corrected chi connectivity index (χ3v) is 3.50. The highest BCUT2D eigenvalue weighted by Crippen LogP contribution is 2.27. The molecule has 0 heterocycles. The summed E-state index contributed by atoms with van der Waals surface area (Å²) in [7, 11) is 0. The molecule has 1 saturated carbocycles. The van der Waals surface area contributed by atoms with Crippen molar-refractivity contribution in [3.8, 4) is 0 Å². The van der Waals surface area contributed by atoms with Gasteiger partial charge in [0.2, 0.25) is 0 Å². The Hall–Kier alpha value is -0.820. The van der Waals surface area contributed by atoms with Crippen LogP contribution in [0.15, 0.2) is 24.3 Å². The van der Waals surface area contributed by atoms with Crippen molar-refractivity contribution in [3.63, 3.8) is 0 Å². The van der Waals surface area contributed by atoms with Crippen molar-refractivity contribution in [2.24, 2.45) is 5.92 Å².